The maximum absolute atomic E-state index is 13.6. The molecule has 0 aliphatic heterocycles. The van der Waals surface area contributed by atoms with E-state index in [0.717, 1.165) is 39.3 Å². The summed E-state index contributed by atoms with van der Waals surface area (Å²) in [5.74, 6) is 0.340. The highest BCUT2D eigenvalue weighted by molar-refractivity contribution is 7.85. The van der Waals surface area contributed by atoms with Crippen molar-refractivity contribution in [2.24, 2.45) is 12.8 Å². The van der Waals surface area contributed by atoms with Gasteiger partial charge in [0, 0.05) is 28.9 Å². The molecule has 13 heteroatoms. The van der Waals surface area contributed by atoms with Crippen LogP contribution in [0.2, 0.25) is 18.1 Å². The van der Waals surface area contributed by atoms with Crippen molar-refractivity contribution in [1.82, 2.24) is 14.8 Å². The minimum Gasteiger partial charge on any atom is -0.493 e. The zero-order valence-electron chi connectivity index (χ0n) is 30.7. The fourth-order valence-corrected chi connectivity index (χ4v) is 7.07. The Hall–Kier alpha value is -4.01. The van der Waals surface area contributed by atoms with E-state index in [1.165, 1.54) is 0 Å². The molecule has 2 aromatic heterocycles. The van der Waals surface area contributed by atoms with E-state index in [1.54, 1.807) is 11.7 Å². The number of nitrogens with two attached hydrogens (primary N) is 1. The van der Waals surface area contributed by atoms with Crippen LogP contribution in [-0.4, -0.2) is 63.5 Å². The number of nitrogens with zero attached hydrogens (tertiary/aromatic N) is 2. The molecule has 0 bridgehead atoms. The number of benzene rings is 3. The number of aromatic nitrogens is 3. The normalized spacial score (nSPS) is 12.5. The molecule has 5 aromatic rings. The maximum atomic E-state index is 13.6. The second-order valence-electron chi connectivity index (χ2n) is 14.3. The number of nitrogens with one attached hydrogen (secondary N) is 1. The van der Waals surface area contributed by atoms with Crippen molar-refractivity contribution in [3.63, 3.8) is 0 Å². The predicted octanol–water partition coefficient (Wildman–Crippen LogP) is 7.24. The zero-order valence-corrected chi connectivity index (χ0v) is 32.5. The van der Waals surface area contributed by atoms with E-state index in [0.29, 0.717) is 60.6 Å². The lowest BCUT2D eigenvalue weighted by atomic mass is 9.98. The molecular formula is C38H50N4O7SSi. The van der Waals surface area contributed by atoms with Crippen molar-refractivity contribution in [1.29, 1.82) is 0 Å². The van der Waals surface area contributed by atoms with Gasteiger partial charge in [-0.3, -0.25) is 8.86 Å². The van der Waals surface area contributed by atoms with Gasteiger partial charge in [0.2, 0.25) is 0 Å². The Labute approximate surface area is 301 Å². The first-order valence-electron chi connectivity index (χ1n) is 17.3. The Bertz CT molecular complexity index is 2110. The zero-order chi connectivity index (χ0) is 37.0. The highest BCUT2D eigenvalue weighted by Gasteiger charge is 2.38. The van der Waals surface area contributed by atoms with Crippen LogP contribution < -0.4 is 10.5 Å². The summed E-state index contributed by atoms with van der Waals surface area (Å²) in [4.78, 5) is 17.0. The minimum atomic E-state index is -3.75. The van der Waals surface area contributed by atoms with Crippen molar-refractivity contribution in [3.05, 3.63) is 83.3 Å². The fraction of sp³-hybridized carbons (Fsp3) is 0.421. The minimum absolute atomic E-state index is 0.0327. The summed E-state index contributed by atoms with van der Waals surface area (Å²) >= 11 is 0. The molecule has 2 heterocycles. The number of fused-ring (bicyclic) bond motifs is 2. The van der Waals surface area contributed by atoms with Gasteiger partial charge in [0.15, 0.2) is 8.32 Å². The van der Waals surface area contributed by atoms with E-state index in [-0.39, 0.29) is 24.9 Å². The van der Waals surface area contributed by atoms with Gasteiger partial charge in [-0.1, -0.05) is 75.4 Å². The number of ether oxygens (including phenoxy) is 2. The molecule has 0 saturated carbocycles. The van der Waals surface area contributed by atoms with Crippen LogP contribution in [0.15, 0.2) is 60.7 Å². The van der Waals surface area contributed by atoms with E-state index in [2.05, 4.69) is 51.0 Å². The van der Waals surface area contributed by atoms with Crippen molar-refractivity contribution in [2.45, 2.75) is 71.4 Å². The monoisotopic (exact) mass is 734 g/mol. The molecule has 3 aromatic carbocycles. The molecule has 5 rings (SSSR count). The second kappa shape index (κ2) is 15.7. The number of hydrogen-bond donors (Lipinski definition) is 2. The van der Waals surface area contributed by atoms with Crippen LogP contribution in [0.1, 0.15) is 61.1 Å². The molecular weight excluding hydrogens is 685 g/mol. The van der Waals surface area contributed by atoms with Gasteiger partial charge in [-0.25, -0.2) is 4.79 Å². The lowest BCUT2D eigenvalue weighted by Crippen LogP contribution is -2.40. The van der Waals surface area contributed by atoms with Gasteiger partial charge in [-0.15, -0.1) is 0 Å². The average molecular weight is 735 g/mol. The molecule has 11 nitrogen and oxygen atoms in total. The topological polar surface area (TPSA) is 148 Å². The highest BCUT2D eigenvalue weighted by Crippen LogP contribution is 2.40. The predicted molar refractivity (Wildman–Crippen MR) is 204 cm³/mol. The summed E-state index contributed by atoms with van der Waals surface area (Å²) < 4.78 is 49.7. The van der Waals surface area contributed by atoms with Gasteiger partial charge in [-0.2, -0.15) is 13.5 Å². The number of aryl methyl sites for hydroxylation is 2. The molecule has 0 fully saturated rings. The summed E-state index contributed by atoms with van der Waals surface area (Å²) in [6, 6.07) is 19.9. The Kier molecular flexibility index (Phi) is 11.8. The molecule has 0 amide bonds. The molecule has 274 valence electrons. The van der Waals surface area contributed by atoms with E-state index < -0.39 is 24.4 Å². The molecule has 0 atom stereocenters. The average Bonchev–Trinajstić information content (AvgIpc) is 3.60. The van der Waals surface area contributed by atoms with E-state index >= 15 is 0 Å². The van der Waals surface area contributed by atoms with Gasteiger partial charge < -0.3 is 24.6 Å². The van der Waals surface area contributed by atoms with E-state index in [9.17, 15) is 13.2 Å². The third-order valence-electron chi connectivity index (χ3n) is 9.60. The van der Waals surface area contributed by atoms with Gasteiger partial charge in [-0.05, 0) is 61.0 Å². The Balaban J connectivity index is 1.55. The molecule has 51 heavy (non-hydrogen) atoms. The van der Waals surface area contributed by atoms with Crippen LogP contribution in [0.3, 0.4) is 0 Å². The van der Waals surface area contributed by atoms with Crippen LogP contribution in [0.4, 0.5) is 0 Å². The number of H-pyrrole nitrogens is 1. The Morgan fingerprint density at radius 3 is 2.39 bits per heavy atom. The maximum Gasteiger partial charge on any atom is 0.355 e. The summed E-state index contributed by atoms with van der Waals surface area (Å²) in [5, 5.41) is 7.77. The first kappa shape index (κ1) is 38.2. The molecule has 0 saturated heterocycles. The van der Waals surface area contributed by atoms with Crippen molar-refractivity contribution in [2.75, 3.05) is 26.0 Å². The van der Waals surface area contributed by atoms with Gasteiger partial charge >= 0.3 is 5.97 Å². The largest absolute Gasteiger partial charge is 0.493 e. The third-order valence-corrected chi connectivity index (χ3v) is 14.6. The number of aromatic amines is 1. The summed E-state index contributed by atoms with van der Waals surface area (Å²) in [6.45, 7) is 11.9. The van der Waals surface area contributed by atoms with Crippen molar-refractivity contribution < 1.29 is 31.3 Å². The van der Waals surface area contributed by atoms with Crippen LogP contribution in [0, 0.1) is 0 Å². The molecule has 0 aliphatic rings. The molecule has 0 unspecified atom stereocenters. The molecule has 3 N–H and O–H groups in total. The van der Waals surface area contributed by atoms with Crippen LogP contribution in [0.5, 0.6) is 5.75 Å². The van der Waals surface area contributed by atoms with Gasteiger partial charge in [0.1, 0.15) is 18.1 Å². The number of para-hydroxylation sites is 1. The number of carbonyl (C=O) groups excluding carboxylic acids is 1. The van der Waals surface area contributed by atoms with E-state index in [1.807, 2.05) is 48.5 Å². The fourth-order valence-electron chi connectivity index (χ4n) is 5.81. The summed E-state index contributed by atoms with van der Waals surface area (Å²) in [5.41, 5.74) is 10.2. The summed E-state index contributed by atoms with van der Waals surface area (Å²) in [7, 11) is -4.17. The smallest absolute Gasteiger partial charge is 0.355 e. The van der Waals surface area contributed by atoms with Crippen LogP contribution in [-0.2, 0) is 50.1 Å². The lowest BCUT2D eigenvalue weighted by Gasteiger charge is -2.36. The quantitative estimate of drug-likeness (QED) is 0.0464. The molecule has 0 radical (unpaired) electrons. The number of esters is 1. The van der Waals surface area contributed by atoms with Gasteiger partial charge in [0.05, 0.1) is 43.0 Å². The van der Waals surface area contributed by atoms with Crippen molar-refractivity contribution in [3.8, 4) is 16.9 Å². The van der Waals surface area contributed by atoms with Gasteiger partial charge in [0.25, 0.3) is 10.1 Å². The lowest BCUT2D eigenvalue weighted by molar-refractivity contribution is 0.0495. The SMILES string of the molecule is Cn1nc(CO[Si](C)(C)C(C)(C)C)c(-c2cccc3c(CCCOc4cccc5ccccc45)c(C(=O)OCCCN)[nH]c23)c1COS(C)(=O)=O. The highest BCUT2D eigenvalue weighted by atomic mass is 32.2. The Morgan fingerprint density at radius 1 is 0.961 bits per heavy atom. The number of carbonyl (C=O) groups is 1. The van der Waals surface area contributed by atoms with E-state index in [4.69, 9.17) is 28.9 Å². The second-order valence-corrected chi connectivity index (χ2v) is 20.8. The summed E-state index contributed by atoms with van der Waals surface area (Å²) in [6.07, 6.45) is 2.74. The van der Waals surface area contributed by atoms with Crippen LogP contribution in [0.25, 0.3) is 32.8 Å². The standard InChI is InChI=1S/C38H50N4O7SSi/c1-38(2,3)51(6,7)49-24-31-34(32(42(4)41-31)25-48-50(5,44)45)30-18-11-17-28-29(36(40-35(28)30)37(43)47-23-13-21-39)19-12-22-46-33-20-10-15-26-14-8-9-16-27(26)33/h8-11,14-18,20,40H,12-13,19,21-25,39H2,1-7H3. The Morgan fingerprint density at radius 2 is 1.67 bits per heavy atom. The first-order valence-corrected chi connectivity index (χ1v) is 22.0. The first-order chi connectivity index (χ1) is 24.1. The molecule has 0 aliphatic carbocycles. The van der Waals surface area contributed by atoms with Crippen LogP contribution >= 0.6 is 0 Å². The molecule has 0 spiro atoms. The van der Waals surface area contributed by atoms with Crippen molar-refractivity contribution >= 4 is 46.1 Å². The number of rotatable bonds is 16. The third kappa shape index (κ3) is 8.90. The number of hydrogen-bond acceptors (Lipinski definition) is 9.